The molecule has 1 aliphatic carbocycles. The second kappa shape index (κ2) is 8.22. The number of esters is 1. The first-order valence-corrected chi connectivity index (χ1v) is 8.87. The molecule has 1 aromatic rings. The van der Waals surface area contributed by atoms with Crippen LogP contribution >= 0.6 is 34.8 Å². The Labute approximate surface area is 160 Å². The van der Waals surface area contributed by atoms with Crippen molar-refractivity contribution in [1.29, 1.82) is 5.26 Å². The molecule has 1 amide bonds. The molecule has 0 aromatic carbocycles. The maximum atomic E-state index is 12.3. The molecule has 1 aromatic heterocycles. The number of ether oxygens (including phenoxy) is 1. The molecule has 2 rings (SSSR count). The summed E-state index contributed by atoms with van der Waals surface area (Å²) in [5.41, 5.74) is -1.14. The van der Waals surface area contributed by atoms with Gasteiger partial charge in [0.2, 0.25) is 0 Å². The molecule has 0 saturated heterocycles. The van der Waals surface area contributed by atoms with Crippen LogP contribution < -0.4 is 5.32 Å². The summed E-state index contributed by atoms with van der Waals surface area (Å²) in [5.74, 6) is -1.45. The normalized spacial score (nSPS) is 17.2. The fourth-order valence-corrected chi connectivity index (χ4v) is 3.17. The number of halogens is 3. The fraction of sp³-hybridized carbons (Fsp3) is 0.500. The molecular weight excluding hydrogens is 389 g/mol. The van der Waals surface area contributed by atoms with Gasteiger partial charge in [0, 0.05) is 6.20 Å². The van der Waals surface area contributed by atoms with E-state index in [1.165, 1.54) is 13.1 Å². The number of nitrogens with one attached hydrogen (secondary N) is 1. The van der Waals surface area contributed by atoms with Gasteiger partial charge in [0.15, 0.2) is 11.8 Å². The van der Waals surface area contributed by atoms with Crippen LogP contribution in [0.25, 0.3) is 0 Å². The Morgan fingerprint density at radius 2 is 1.92 bits per heavy atom. The monoisotopic (exact) mass is 403 g/mol. The number of hydrogen-bond acceptors (Lipinski definition) is 5. The maximum Gasteiger partial charge on any atom is 0.359 e. The summed E-state index contributed by atoms with van der Waals surface area (Å²) in [5, 5.41) is 12.0. The number of pyridine rings is 1. The van der Waals surface area contributed by atoms with Gasteiger partial charge in [-0.3, -0.25) is 4.79 Å². The summed E-state index contributed by atoms with van der Waals surface area (Å²) in [6.45, 7) is 1.41. The highest BCUT2D eigenvalue weighted by Gasteiger charge is 2.35. The van der Waals surface area contributed by atoms with Gasteiger partial charge in [-0.15, -0.1) is 0 Å². The van der Waals surface area contributed by atoms with Gasteiger partial charge in [-0.05, 0) is 19.8 Å². The summed E-state index contributed by atoms with van der Waals surface area (Å²) >= 11 is 17.6. The van der Waals surface area contributed by atoms with Gasteiger partial charge in [0.25, 0.3) is 5.91 Å². The second-order valence-corrected chi connectivity index (χ2v) is 7.04. The van der Waals surface area contributed by atoms with Gasteiger partial charge in [-0.2, -0.15) is 5.26 Å². The minimum atomic E-state index is -1.12. The lowest BCUT2D eigenvalue weighted by Crippen LogP contribution is -2.52. The third-order valence-corrected chi connectivity index (χ3v) is 5.29. The summed E-state index contributed by atoms with van der Waals surface area (Å²) in [4.78, 5) is 28.3. The van der Waals surface area contributed by atoms with Crippen molar-refractivity contribution in [2.45, 2.75) is 50.7 Å². The summed E-state index contributed by atoms with van der Waals surface area (Å²) in [6, 6.07) is 2.17. The number of aromatic nitrogens is 1. The lowest BCUT2D eigenvalue weighted by atomic mass is 9.83. The average molecular weight is 405 g/mol. The van der Waals surface area contributed by atoms with Crippen LogP contribution in [0.15, 0.2) is 6.20 Å². The predicted octanol–water partition coefficient (Wildman–Crippen LogP) is 3.93. The van der Waals surface area contributed by atoms with Crippen LogP contribution in [-0.4, -0.2) is 28.5 Å². The fourth-order valence-electron chi connectivity index (χ4n) is 2.61. The number of rotatable bonds is 4. The first-order chi connectivity index (χ1) is 11.8. The van der Waals surface area contributed by atoms with Crippen molar-refractivity contribution in [2.24, 2.45) is 0 Å². The molecule has 25 heavy (non-hydrogen) atoms. The first-order valence-electron chi connectivity index (χ1n) is 7.73. The Hall–Kier alpha value is -1.55. The molecule has 0 bridgehead atoms. The van der Waals surface area contributed by atoms with E-state index in [-0.39, 0.29) is 20.8 Å². The van der Waals surface area contributed by atoms with Crippen molar-refractivity contribution in [3.8, 4) is 6.07 Å². The van der Waals surface area contributed by atoms with E-state index in [1.807, 2.05) is 0 Å². The quantitative estimate of drug-likeness (QED) is 0.768. The topological polar surface area (TPSA) is 92.1 Å². The summed E-state index contributed by atoms with van der Waals surface area (Å²) in [6.07, 6.45) is 3.98. The molecule has 0 unspecified atom stereocenters. The molecule has 0 radical (unpaired) electrons. The molecule has 1 saturated carbocycles. The molecule has 1 fully saturated rings. The van der Waals surface area contributed by atoms with Crippen molar-refractivity contribution in [3.63, 3.8) is 0 Å². The lowest BCUT2D eigenvalue weighted by Gasteiger charge is -2.32. The van der Waals surface area contributed by atoms with Crippen molar-refractivity contribution in [3.05, 3.63) is 27.0 Å². The molecule has 0 aliphatic heterocycles. The van der Waals surface area contributed by atoms with Gasteiger partial charge < -0.3 is 10.1 Å². The highest BCUT2D eigenvalue weighted by molar-refractivity contribution is 6.48. The smallest absolute Gasteiger partial charge is 0.359 e. The predicted molar refractivity (Wildman–Crippen MR) is 93.7 cm³/mol. The number of amides is 1. The third-order valence-electron chi connectivity index (χ3n) is 4.05. The molecule has 6 nitrogen and oxygen atoms in total. The van der Waals surface area contributed by atoms with E-state index >= 15 is 0 Å². The van der Waals surface area contributed by atoms with Crippen LogP contribution in [0, 0.1) is 11.3 Å². The number of nitriles is 1. The Morgan fingerprint density at radius 1 is 1.28 bits per heavy atom. The van der Waals surface area contributed by atoms with E-state index < -0.39 is 23.5 Å². The maximum absolute atomic E-state index is 12.3. The van der Waals surface area contributed by atoms with Crippen LogP contribution in [-0.2, 0) is 9.53 Å². The van der Waals surface area contributed by atoms with Crippen LogP contribution in [0.5, 0.6) is 0 Å². The Bertz CT molecular complexity index is 727. The highest BCUT2D eigenvalue weighted by Crippen LogP contribution is 2.31. The second-order valence-electron chi connectivity index (χ2n) is 5.87. The van der Waals surface area contributed by atoms with Gasteiger partial charge >= 0.3 is 5.97 Å². The molecule has 1 N–H and O–H groups in total. The van der Waals surface area contributed by atoms with Crippen molar-refractivity contribution < 1.29 is 14.3 Å². The summed E-state index contributed by atoms with van der Waals surface area (Å²) in [7, 11) is 0. The van der Waals surface area contributed by atoms with E-state index in [4.69, 9.17) is 39.5 Å². The standard InChI is InChI=1S/C16H16Cl3N3O3/c1-9(14(23)22-16(8-20)5-3-2-4-6-16)25-15(24)13-12(19)11(18)10(17)7-21-13/h7,9H,2-6H2,1H3,(H,22,23)/t9-/m0/s1. The Morgan fingerprint density at radius 3 is 2.52 bits per heavy atom. The van der Waals surface area contributed by atoms with Crippen molar-refractivity contribution >= 4 is 46.7 Å². The largest absolute Gasteiger partial charge is 0.448 e. The molecule has 9 heteroatoms. The SMILES string of the molecule is C[C@H](OC(=O)c1ncc(Cl)c(Cl)c1Cl)C(=O)NC1(C#N)CCCCC1. The van der Waals surface area contributed by atoms with Crippen molar-refractivity contribution in [2.75, 3.05) is 0 Å². The third kappa shape index (κ3) is 4.55. The molecule has 1 aliphatic rings. The van der Waals surface area contributed by atoms with Crippen molar-refractivity contribution in [1.82, 2.24) is 10.3 Å². The molecule has 1 atom stereocenters. The van der Waals surface area contributed by atoms with E-state index in [9.17, 15) is 14.9 Å². The zero-order valence-electron chi connectivity index (χ0n) is 13.4. The van der Waals surface area contributed by atoms with E-state index in [2.05, 4.69) is 16.4 Å². The van der Waals surface area contributed by atoms with Gasteiger partial charge in [0.1, 0.15) is 5.54 Å². The minimum absolute atomic E-state index is 0.0203. The lowest BCUT2D eigenvalue weighted by molar-refractivity contribution is -0.130. The minimum Gasteiger partial charge on any atom is -0.448 e. The summed E-state index contributed by atoms with van der Waals surface area (Å²) < 4.78 is 5.10. The molecule has 0 spiro atoms. The zero-order chi connectivity index (χ0) is 18.6. The average Bonchev–Trinajstić information content (AvgIpc) is 2.60. The zero-order valence-corrected chi connectivity index (χ0v) is 15.7. The Kier molecular flexibility index (Phi) is 6.50. The molecule has 134 valence electrons. The molecular formula is C16H16Cl3N3O3. The van der Waals surface area contributed by atoms with Gasteiger partial charge in [-0.25, -0.2) is 9.78 Å². The number of carbonyl (C=O) groups is 2. The van der Waals surface area contributed by atoms with E-state index in [1.54, 1.807) is 0 Å². The van der Waals surface area contributed by atoms with E-state index in [0.29, 0.717) is 12.8 Å². The van der Waals surface area contributed by atoms with Gasteiger partial charge in [-0.1, -0.05) is 54.1 Å². The van der Waals surface area contributed by atoms with E-state index in [0.717, 1.165) is 19.3 Å². The van der Waals surface area contributed by atoms with Crippen LogP contribution in [0.2, 0.25) is 15.1 Å². The molecule has 1 heterocycles. The highest BCUT2D eigenvalue weighted by atomic mass is 35.5. The van der Waals surface area contributed by atoms with Crippen LogP contribution in [0.4, 0.5) is 0 Å². The van der Waals surface area contributed by atoms with Crippen LogP contribution in [0.1, 0.15) is 49.5 Å². The first kappa shape index (κ1) is 19.8. The Balaban J connectivity index is 2.05. The van der Waals surface area contributed by atoms with Crippen LogP contribution in [0.3, 0.4) is 0 Å². The number of carbonyl (C=O) groups excluding carboxylic acids is 2. The van der Waals surface area contributed by atoms with Gasteiger partial charge in [0.05, 0.1) is 21.1 Å². The number of nitrogens with zero attached hydrogens (tertiary/aromatic N) is 2. The number of hydrogen-bond donors (Lipinski definition) is 1.